The van der Waals surface area contributed by atoms with Gasteiger partial charge >= 0.3 is 0 Å². The van der Waals surface area contributed by atoms with E-state index in [1.54, 1.807) is 42.5 Å². The number of sulfonamides is 1. The summed E-state index contributed by atoms with van der Waals surface area (Å²) in [4.78, 5) is 29.3. The molecule has 0 aliphatic heterocycles. The van der Waals surface area contributed by atoms with Gasteiger partial charge in [-0.15, -0.1) is 0 Å². The van der Waals surface area contributed by atoms with Crippen LogP contribution >= 0.6 is 11.6 Å². The number of anilines is 1. The highest BCUT2D eigenvalue weighted by Gasteiger charge is 2.34. The van der Waals surface area contributed by atoms with Gasteiger partial charge in [-0.2, -0.15) is 0 Å². The first kappa shape index (κ1) is 31.7. The molecule has 0 bridgehead atoms. The van der Waals surface area contributed by atoms with Crippen LogP contribution in [0.5, 0.6) is 0 Å². The van der Waals surface area contributed by atoms with Gasteiger partial charge in [0.15, 0.2) is 0 Å². The minimum absolute atomic E-state index is 0.0155. The standard InChI is InChI=1S/C33H33ClFN3O4S/c1-24(2)36-33(40)31(21-25-9-5-3-6-10-25)37(22-26-13-15-27(34)16-14-26)32(39)23-38(29-19-17-28(35)18-20-29)43(41,42)30-11-7-4-8-12-30/h3-20,24,31H,21-23H2,1-2H3,(H,36,40)/t31-/m1/s1. The molecule has 1 N–H and O–H groups in total. The number of amides is 2. The van der Waals surface area contributed by atoms with E-state index in [1.165, 1.54) is 29.2 Å². The lowest BCUT2D eigenvalue weighted by Gasteiger charge is -2.34. The summed E-state index contributed by atoms with van der Waals surface area (Å²) in [6, 6.07) is 27.6. The van der Waals surface area contributed by atoms with E-state index in [9.17, 15) is 22.4 Å². The second-order valence-corrected chi connectivity index (χ2v) is 12.6. The van der Waals surface area contributed by atoms with Crippen molar-refractivity contribution >= 4 is 39.1 Å². The Kier molecular flexibility index (Phi) is 10.6. The Hall–Kier alpha value is -4.21. The summed E-state index contributed by atoms with van der Waals surface area (Å²) in [7, 11) is -4.25. The third-order valence-electron chi connectivity index (χ3n) is 6.69. The first-order valence-corrected chi connectivity index (χ1v) is 15.6. The number of benzene rings is 4. The van der Waals surface area contributed by atoms with Crippen LogP contribution < -0.4 is 9.62 Å². The van der Waals surface area contributed by atoms with Crippen molar-refractivity contribution in [2.75, 3.05) is 10.8 Å². The molecule has 0 saturated carbocycles. The van der Waals surface area contributed by atoms with Crippen molar-refractivity contribution in [2.24, 2.45) is 0 Å². The van der Waals surface area contributed by atoms with Crippen molar-refractivity contribution in [3.63, 3.8) is 0 Å². The normalized spacial score (nSPS) is 12.0. The number of hydrogen-bond donors (Lipinski definition) is 1. The van der Waals surface area contributed by atoms with Gasteiger partial charge in [-0.05, 0) is 73.5 Å². The fourth-order valence-electron chi connectivity index (χ4n) is 4.58. The fraction of sp³-hybridized carbons (Fsp3) is 0.212. The van der Waals surface area contributed by atoms with Crippen molar-refractivity contribution in [1.29, 1.82) is 0 Å². The molecule has 0 aromatic heterocycles. The van der Waals surface area contributed by atoms with Gasteiger partial charge in [0, 0.05) is 24.0 Å². The zero-order valence-corrected chi connectivity index (χ0v) is 25.4. The summed E-state index contributed by atoms with van der Waals surface area (Å²) in [6.45, 7) is 3.04. The van der Waals surface area contributed by atoms with Crippen LogP contribution in [0.15, 0.2) is 114 Å². The van der Waals surface area contributed by atoms with E-state index >= 15 is 0 Å². The predicted octanol–water partition coefficient (Wildman–Crippen LogP) is 5.84. The minimum atomic E-state index is -4.25. The Morgan fingerprint density at radius 3 is 1.98 bits per heavy atom. The zero-order chi connectivity index (χ0) is 31.0. The Morgan fingerprint density at radius 1 is 0.814 bits per heavy atom. The second-order valence-electron chi connectivity index (χ2n) is 10.3. The quantitative estimate of drug-likeness (QED) is 0.215. The molecule has 7 nitrogen and oxygen atoms in total. The van der Waals surface area contributed by atoms with Crippen molar-refractivity contribution in [1.82, 2.24) is 10.2 Å². The number of carbonyl (C=O) groups is 2. The average Bonchev–Trinajstić information content (AvgIpc) is 2.99. The molecule has 1 atom stereocenters. The Morgan fingerprint density at radius 2 is 1.40 bits per heavy atom. The summed E-state index contributed by atoms with van der Waals surface area (Å²) in [5, 5.41) is 3.42. The smallest absolute Gasteiger partial charge is 0.264 e. The Labute approximate surface area is 257 Å². The molecule has 224 valence electrons. The topological polar surface area (TPSA) is 86.8 Å². The molecule has 0 heterocycles. The van der Waals surface area contributed by atoms with Crippen LogP contribution in [0.1, 0.15) is 25.0 Å². The molecule has 0 aliphatic carbocycles. The molecule has 43 heavy (non-hydrogen) atoms. The van der Waals surface area contributed by atoms with Crippen molar-refractivity contribution in [3.05, 3.63) is 131 Å². The maximum absolute atomic E-state index is 14.3. The van der Waals surface area contributed by atoms with Crippen LogP contribution in [0.2, 0.25) is 5.02 Å². The van der Waals surface area contributed by atoms with E-state index in [4.69, 9.17) is 11.6 Å². The molecule has 4 aromatic rings. The molecule has 4 rings (SSSR count). The molecule has 4 aromatic carbocycles. The van der Waals surface area contributed by atoms with Crippen LogP contribution in [0, 0.1) is 5.82 Å². The molecule has 10 heteroatoms. The molecular formula is C33H33ClFN3O4S. The lowest BCUT2D eigenvalue weighted by Crippen LogP contribution is -2.54. The lowest BCUT2D eigenvalue weighted by atomic mass is 10.0. The fourth-order valence-corrected chi connectivity index (χ4v) is 6.14. The minimum Gasteiger partial charge on any atom is -0.352 e. The maximum atomic E-state index is 14.3. The average molecular weight is 622 g/mol. The number of carbonyl (C=O) groups excluding carboxylic acids is 2. The number of rotatable bonds is 12. The first-order valence-electron chi connectivity index (χ1n) is 13.8. The molecule has 0 saturated heterocycles. The largest absolute Gasteiger partial charge is 0.352 e. The van der Waals surface area contributed by atoms with Gasteiger partial charge in [0.05, 0.1) is 10.6 Å². The van der Waals surface area contributed by atoms with Crippen molar-refractivity contribution in [2.45, 2.75) is 43.8 Å². The van der Waals surface area contributed by atoms with Crippen LogP contribution in [0.25, 0.3) is 0 Å². The van der Waals surface area contributed by atoms with Crippen LogP contribution in [-0.2, 0) is 32.6 Å². The van der Waals surface area contributed by atoms with Gasteiger partial charge < -0.3 is 10.2 Å². The molecule has 0 unspecified atom stereocenters. The van der Waals surface area contributed by atoms with Crippen molar-refractivity contribution < 1.29 is 22.4 Å². The van der Waals surface area contributed by atoms with Crippen LogP contribution in [-0.4, -0.2) is 43.8 Å². The molecule has 0 spiro atoms. The summed E-state index contributed by atoms with van der Waals surface area (Å²) in [6.07, 6.45) is 0.195. The SMILES string of the molecule is CC(C)NC(=O)[C@@H](Cc1ccccc1)N(Cc1ccc(Cl)cc1)C(=O)CN(c1ccc(F)cc1)S(=O)(=O)c1ccccc1. The van der Waals surface area contributed by atoms with E-state index in [2.05, 4.69) is 5.32 Å². The van der Waals surface area contributed by atoms with Gasteiger partial charge in [-0.25, -0.2) is 12.8 Å². The number of nitrogens with one attached hydrogen (secondary N) is 1. The molecular weight excluding hydrogens is 589 g/mol. The van der Waals surface area contributed by atoms with Gasteiger partial charge in [0.25, 0.3) is 10.0 Å². The lowest BCUT2D eigenvalue weighted by molar-refractivity contribution is -0.140. The van der Waals surface area contributed by atoms with E-state index in [0.29, 0.717) is 10.6 Å². The van der Waals surface area contributed by atoms with E-state index < -0.39 is 34.3 Å². The highest BCUT2D eigenvalue weighted by molar-refractivity contribution is 7.92. The Balaban J connectivity index is 1.79. The van der Waals surface area contributed by atoms with Gasteiger partial charge in [0.2, 0.25) is 11.8 Å². The number of halogens is 2. The molecule has 2 amide bonds. The zero-order valence-electron chi connectivity index (χ0n) is 23.9. The second kappa shape index (κ2) is 14.3. The van der Waals surface area contributed by atoms with E-state index in [0.717, 1.165) is 22.0 Å². The third-order valence-corrected chi connectivity index (χ3v) is 8.73. The van der Waals surface area contributed by atoms with Crippen LogP contribution in [0.3, 0.4) is 0 Å². The predicted molar refractivity (Wildman–Crippen MR) is 167 cm³/mol. The van der Waals surface area contributed by atoms with Crippen molar-refractivity contribution in [3.8, 4) is 0 Å². The number of nitrogens with zero attached hydrogens (tertiary/aromatic N) is 2. The highest BCUT2D eigenvalue weighted by atomic mass is 35.5. The van der Waals surface area contributed by atoms with E-state index in [-0.39, 0.29) is 35.5 Å². The first-order chi connectivity index (χ1) is 20.5. The van der Waals surface area contributed by atoms with Crippen LogP contribution in [0.4, 0.5) is 10.1 Å². The van der Waals surface area contributed by atoms with E-state index in [1.807, 2.05) is 44.2 Å². The number of hydrogen-bond acceptors (Lipinski definition) is 4. The third kappa shape index (κ3) is 8.43. The summed E-state index contributed by atoms with van der Waals surface area (Å²) in [5.41, 5.74) is 1.64. The molecule has 0 fully saturated rings. The maximum Gasteiger partial charge on any atom is 0.264 e. The van der Waals surface area contributed by atoms with Gasteiger partial charge in [-0.1, -0.05) is 72.3 Å². The monoisotopic (exact) mass is 621 g/mol. The van der Waals surface area contributed by atoms with Gasteiger partial charge in [-0.3, -0.25) is 13.9 Å². The summed E-state index contributed by atoms with van der Waals surface area (Å²) < 4.78 is 42.5. The Bertz CT molecular complexity index is 1620. The molecule has 0 aliphatic rings. The summed E-state index contributed by atoms with van der Waals surface area (Å²) in [5.74, 6) is -1.54. The van der Waals surface area contributed by atoms with Gasteiger partial charge in [0.1, 0.15) is 18.4 Å². The highest BCUT2D eigenvalue weighted by Crippen LogP contribution is 2.25. The molecule has 0 radical (unpaired) electrons. The summed E-state index contributed by atoms with van der Waals surface area (Å²) >= 11 is 6.10.